The molecule has 1 fully saturated rings. The Morgan fingerprint density at radius 2 is 2.19 bits per heavy atom. The van der Waals surface area contributed by atoms with Gasteiger partial charge < -0.3 is 11.1 Å². The molecule has 1 unspecified atom stereocenters. The molecule has 0 saturated heterocycles. The SMILES string of the molecule is CCC[C@H](N)C(=O)NCC(C)N(C)C1CC1. The van der Waals surface area contributed by atoms with Crippen molar-refractivity contribution in [2.75, 3.05) is 13.6 Å². The van der Waals surface area contributed by atoms with Crippen molar-refractivity contribution in [3.63, 3.8) is 0 Å². The number of nitrogens with two attached hydrogens (primary N) is 1. The van der Waals surface area contributed by atoms with Gasteiger partial charge in [0, 0.05) is 18.6 Å². The van der Waals surface area contributed by atoms with E-state index in [4.69, 9.17) is 5.73 Å². The van der Waals surface area contributed by atoms with Gasteiger partial charge in [0.2, 0.25) is 5.91 Å². The third kappa shape index (κ3) is 4.10. The third-order valence-electron chi connectivity index (χ3n) is 3.33. The third-order valence-corrected chi connectivity index (χ3v) is 3.33. The van der Waals surface area contributed by atoms with Crippen molar-refractivity contribution in [1.29, 1.82) is 0 Å². The van der Waals surface area contributed by atoms with Crippen LogP contribution in [0.2, 0.25) is 0 Å². The quantitative estimate of drug-likeness (QED) is 0.673. The molecule has 1 rings (SSSR count). The number of nitrogens with one attached hydrogen (secondary N) is 1. The monoisotopic (exact) mass is 227 g/mol. The molecule has 1 amide bonds. The highest BCUT2D eigenvalue weighted by molar-refractivity contribution is 5.81. The van der Waals surface area contributed by atoms with Gasteiger partial charge in [0.05, 0.1) is 6.04 Å². The molecule has 0 bridgehead atoms. The minimum atomic E-state index is -0.344. The molecule has 0 aromatic carbocycles. The Bertz CT molecular complexity index is 228. The molecule has 4 heteroatoms. The van der Waals surface area contributed by atoms with Crippen molar-refractivity contribution in [2.24, 2.45) is 5.73 Å². The van der Waals surface area contributed by atoms with Crippen LogP contribution in [0.25, 0.3) is 0 Å². The van der Waals surface area contributed by atoms with Crippen LogP contribution in [0.3, 0.4) is 0 Å². The molecule has 4 nitrogen and oxygen atoms in total. The average Bonchev–Trinajstić information content (AvgIpc) is 3.08. The molecule has 1 aliphatic rings. The molecule has 0 aromatic heterocycles. The molecule has 1 saturated carbocycles. The first-order chi connectivity index (χ1) is 7.56. The number of carbonyl (C=O) groups excluding carboxylic acids is 1. The van der Waals surface area contributed by atoms with E-state index in [1.807, 2.05) is 6.92 Å². The Kier molecular flexibility index (Phi) is 5.22. The molecule has 16 heavy (non-hydrogen) atoms. The van der Waals surface area contributed by atoms with Gasteiger partial charge in [-0.25, -0.2) is 0 Å². The summed E-state index contributed by atoms with van der Waals surface area (Å²) in [7, 11) is 2.13. The van der Waals surface area contributed by atoms with Gasteiger partial charge in [0.1, 0.15) is 0 Å². The van der Waals surface area contributed by atoms with E-state index in [1.165, 1.54) is 12.8 Å². The standard InChI is InChI=1S/C12H25N3O/c1-4-5-11(13)12(16)14-8-9(2)15(3)10-6-7-10/h9-11H,4-8,13H2,1-3H3,(H,14,16)/t9?,11-/m0/s1. The first-order valence-corrected chi connectivity index (χ1v) is 6.31. The Hall–Kier alpha value is -0.610. The molecule has 0 aliphatic heterocycles. The molecular weight excluding hydrogens is 202 g/mol. The summed E-state index contributed by atoms with van der Waals surface area (Å²) in [6.45, 7) is 4.88. The van der Waals surface area contributed by atoms with Crippen LogP contribution < -0.4 is 11.1 Å². The second-order valence-electron chi connectivity index (χ2n) is 4.89. The first kappa shape index (κ1) is 13.5. The Balaban J connectivity index is 2.19. The highest BCUT2D eigenvalue weighted by Gasteiger charge is 2.29. The lowest BCUT2D eigenvalue weighted by atomic mass is 10.1. The fourth-order valence-electron chi connectivity index (χ4n) is 1.81. The summed E-state index contributed by atoms with van der Waals surface area (Å²) in [6, 6.07) is 0.782. The van der Waals surface area contributed by atoms with Crippen LogP contribution in [0.15, 0.2) is 0 Å². The van der Waals surface area contributed by atoms with Crippen molar-refractivity contribution in [3.05, 3.63) is 0 Å². The maximum absolute atomic E-state index is 11.6. The van der Waals surface area contributed by atoms with E-state index in [1.54, 1.807) is 0 Å². The Morgan fingerprint density at radius 3 is 2.69 bits per heavy atom. The van der Waals surface area contributed by atoms with Gasteiger partial charge >= 0.3 is 0 Å². The lowest BCUT2D eigenvalue weighted by Crippen LogP contribution is -2.46. The molecule has 94 valence electrons. The molecule has 0 spiro atoms. The number of carbonyl (C=O) groups is 1. The molecular formula is C12H25N3O. The minimum absolute atomic E-state index is 0.0158. The van der Waals surface area contributed by atoms with Crippen LogP contribution in [0.4, 0.5) is 0 Å². The zero-order valence-electron chi connectivity index (χ0n) is 10.7. The fraction of sp³-hybridized carbons (Fsp3) is 0.917. The smallest absolute Gasteiger partial charge is 0.236 e. The lowest BCUT2D eigenvalue weighted by Gasteiger charge is -2.25. The number of hydrogen-bond acceptors (Lipinski definition) is 3. The van der Waals surface area contributed by atoms with Crippen LogP contribution >= 0.6 is 0 Å². The van der Waals surface area contributed by atoms with E-state index >= 15 is 0 Å². The number of likely N-dealkylation sites (N-methyl/N-ethyl adjacent to an activating group) is 1. The number of rotatable bonds is 7. The molecule has 2 atom stereocenters. The van der Waals surface area contributed by atoms with Crippen molar-refractivity contribution >= 4 is 5.91 Å². The van der Waals surface area contributed by atoms with Crippen LogP contribution in [0, 0.1) is 0 Å². The van der Waals surface area contributed by atoms with E-state index in [0.29, 0.717) is 12.6 Å². The summed E-state index contributed by atoms with van der Waals surface area (Å²) in [5.74, 6) is -0.0158. The van der Waals surface area contributed by atoms with E-state index in [-0.39, 0.29) is 11.9 Å². The van der Waals surface area contributed by atoms with E-state index < -0.39 is 0 Å². The van der Waals surface area contributed by atoms with Gasteiger partial charge in [0.25, 0.3) is 0 Å². The second-order valence-corrected chi connectivity index (χ2v) is 4.89. The summed E-state index contributed by atoms with van der Waals surface area (Å²) >= 11 is 0. The van der Waals surface area contributed by atoms with Crippen molar-refractivity contribution in [1.82, 2.24) is 10.2 Å². The molecule has 1 aliphatic carbocycles. The van der Waals surface area contributed by atoms with Crippen molar-refractivity contribution in [2.45, 2.75) is 57.7 Å². The lowest BCUT2D eigenvalue weighted by molar-refractivity contribution is -0.122. The predicted molar refractivity (Wildman–Crippen MR) is 66.1 cm³/mol. The zero-order chi connectivity index (χ0) is 12.1. The molecule has 0 aromatic rings. The minimum Gasteiger partial charge on any atom is -0.353 e. The molecule has 0 radical (unpaired) electrons. The van der Waals surface area contributed by atoms with E-state index in [2.05, 4.69) is 24.2 Å². The van der Waals surface area contributed by atoms with Crippen LogP contribution in [-0.2, 0) is 4.79 Å². The summed E-state index contributed by atoms with van der Waals surface area (Å²) in [5.41, 5.74) is 5.74. The summed E-state index contributed by atoms with van der Waals surface area (Å²) < 4.78 is 0. The van der Waals surface area contributed by atoms with Crippen LogP contribution in [0.5, 0.6) is 0 Å². The average molecular weight is 227 g/mol. The van der Waals surface area contributed by atoms with E-state index in [9.17, 15) is 4.79 Å². The van der Waals surface area contributed by atoms with Gasteiger partial charge in [-0.15, -0.1) is 0 Å². The largest absolute Gasteiger partial charge is 0.353 e. The number of nitrogens with zero attached hydrogens (tertiary/aromatic N) is 1. The van der Waals surface area contributed by atoms with E-state index in [0.717, 1.165) is 18.9 Å². The normalized spacial score (nSPS) is 19.6. The highest BCUT2D eigenvalue weighted by Crippen LogP contribution is 2.26. The van der Waals surface area contributed by atoms with Gasteiger partial charge in [-0.2, -0.15) is 0 Å². The fourth-order valence-corrected chi connectivity index (χ4v) is 1.81. The first-order valence-electron chi connectivity index (χ1n) is 6.31. The molecule has 0 heterocycles. The van der Waals surface area contributed by atoms with Crippen LogP contribution in [-0.4, -0.2) is 42.5 Å². The van der Waals surface area contributed by atoms with Crippen molar-refractivity contribution < 1.29 is 4.79 Å². The Morgan fingerprint density at radius 1 is 1.56 bits per heavy atom. The maximum Gasteiger partial charge on any atom is 0.236 e. The van der Waals surface area contributed by atoms with Gasteiger partial charge in [-0.1, -0.05) is 13.3 Å². The van der Waals surface area contributed by atoms with Crippen LogP contribution in [0.1, 0.15) is 39.5 Å². The predicted octanol–water partition coefficient (Wildman–Crippen LogP) is 0.713. The summed E-state index contributed by atoms with van der Waals surface area (Å²) in [5, 5.41) is 2.92. The Labute approximate surface area is 98.6 Å². The summed E-state index contributed by atoms with van der Waals surface area (Å²) in [6.07, 6.45) is 4.30. The highest BCUT2D eigenvalue weighted by atomic mass is 16.2. The van der Waals surface area contributed by atoms with Crippen molar-refractivity contribution in [3.8, 4) is 0 Å². The zero-order valence-corrected chi connectivity index (χ0v) is 10.7. The number of amides is 1. The van der Waals surface area contributed by atoms with Gasteiger partial charge in [-0.3, -0.25) is 9.69 Å². The second kappa shape index (κ2) is 6.21. The van der Waals surface area contributed by atoms with Gasteiger partial charge in [0.15, 0.2) is 0 Å². The number of hydrogen-bond donors (Lipinski definition) is 2. The van der Waals surface area contributed by atoms with Gasteiger partial charge in [-0.05, 0) is 33.2 Å². The summed E-state index contributed by atoms with van der Waals surface area (Å²) in [4.78, 5) is 13.9. The molecule has 3 N–H and O–H groups in total. The topological polar surface area (TPSA) is 58.4 Å². The maximum atomic E-state index is 11.6.